The quantitative estimate of drug-likeness (QED) is 0.855. The normalized spacial score (nSPS) is 21.2. The van der Waals surface area contributed by atoms with Gasteiger partial charge >= 0.3 is 6.18 Å². The van der Waals surface area contributed by atoms with Crippen LogP contribution in [-0.4, -0.2) is 38.9 Å². The fourth-order valence-corrected chi connectivity index (χ4v) is 2.11. The van der Waals surface area contributed by atoms with Crippen LogP contribution in [-0.2, 0) is 12.7 Å². The predicted molar refractivity (Wildman–Crippen MR) is 58.7 cm³/mol. The third-order valence-electron chi connectivity index (χ3n) is 3.33. The molecule has 2 rings (SSSR count). The number of aromatic amines is 1. The van der Waals surface area contributed by atoms with Crippen molar-refractivity contribution in [1.29, 1.82) is 0 Å². The van der Waals surface area contributed by atoms with Crippen molar-refractivity contribution in [2.45, 2.75) is 38.1 Å². The Kier molecular flexibility index (Phi) is 3.37. The van der Waals surface area contributed by atoms with Gasteiger partial charge in [-0.15, -0.1) is 0 Å². The number of H-pyrrole nitrogens is 1. The number of rotatable bonds is 2. The molecule has 0 atom stereocenters. The molecule has 18 heavy (non-hydrogen) atoms. The van der Waals surface area contributed by atoms with Gasteiger partial charge in [0, 0.05) is 25.2 Å². The third kappa shape index (κ3) is 3.02. The Morgan fingerprint density at radius 1 is 1.44 bits per heavy atom. The van der Waals surface area contributed by atoms with Crippen LogP contribution in [0.4, 0.5) is 13.2 Å². The van der Waals surface area contributed by atoms with E-state index in [1.165, 1.54) is 6.20 Å². The summed E-state index contributed by atoms with van der Waals surface area (Å²) < 4.78 is 37.9. The van der Waals surface area contributed by atoms with Crippen LogP contribution in [0, 0.1) is 0 Å². The fourth-order valence-electron chi connectivity index (χ4n) is 2.11. The van der Waals surface area contributed by atoms with Gasteiger partial charge in [-0.25, -0.2) is 0 Å². The molecule has 1 saturated heterocycles. The SMILES string of the molecule is CC1(O)CCN(Cc2cn[nH]c2C(F)(F)F)CC1. The molecule has 7 heteroatoms. The van der Waals surface area contributed by atoms with Crippen molar-refractivity contribution < 1.29 is 18.3 Å². The summed E-state index contributed by atoms with van der Waals surface area (Å²) in [5, 5.41) is 15.2. The second-order valence-electron chi connectivity index (χ2n) is 5.04. The van der Waals surface area contributed by atoms with Gasteiger partial charge in [-0.3, -0.25) is 10.00 Å². The number of alkyl halides is 3. The highest BCUT2D eigenvalue weighted by molar-refractivity contribution is 5.19. The Hall–Kier alpha value is -1.08. The average molecular weight is 263 g/mol. The van der Waals surface area contributed by atoms with Crippen LogP contribution in [0.5, 0.6) is 0 Å². The zero-order valence-corrected chi connectivity index (χ0v) is 10.1. The molecule has 1 aliphatic heterocycles. The van der Waals surface area contributed by atoms with Gasteiger partial charge in [0.15, 0.2) is 0 Å². The summed E-state index contributed by atoms with van der Waals surface area (Å²) in [4.78, 5) is 1.90. The highest BCUT2D eigenvalue weighted by atomic mass is 19.4. The Morgan fingerprint density at radius 2 is 2.06 bits per heavy atom. The minimum absolute atomic E-state index is 0.157. The van der Waals surface area contributed by atoms with Crippen molar-refractivity contribution >= 4 is 0 Å². The van der Waals surface area contributed by atoms with E-state index in [0.717, 1.165) is 0 Å². The predicted octanol–water partition coefficient (Wildman–Crippen LogP) is 1.78. The number of hydrogen-bond donors (Lipinski definition) is 2. The van der Waals surface area contributed by atoms with Gasteiger partial charge in [0.05, 0.1) is 11.8 Å². The van der Waals surface area contributed by atoms with Gasteiger partial charge < -0.3 is 5.11 Å². The molecule has 2 heterocycles. The molecule has 0 unspecified atom stereocenters. The maximum absolute atomic E-state index is 12.6. The topological polar surface area (TPSA) is 52.1 Å². The van der Waals surface area contributed by atoms with Crippen LogP contribution in [0.3, 0.4) is 0 Å². The molecule has 0 bridgehead atoms. The van der Waals surface area contributed by atoms with Gasteiger partial charge in [-0.2, -0.15) is 18.3 Å². The van der Waals surface area contributed by atoms with E-state index in [2.05, 4.69) is 5.10 Å². The molecule has 0 saturated carbocycles. The molecular formula is C11H16F3N3O. The lowest BCUT2D eigenvalue weighted by Gasteiger charge is -2.35. The van der Waals surface area contributed by atoms with E-state index >= 15 is 0 Å². The summed E-state index contributed by atoms with van der Waals surface area (Å²) in [6.45, 7) is 3.15. The van der Waals surface area contributed by atoms with Crippen molar-refractivity contribution in [3.05, 3.63) is 17.5 Å². The summed E-state index contributed by atoms with van der Waals surface area (Å²) in [6.07, 6.45) is -2.03. The first kappa shape index (κ1) is 13.4. The van der Waals surface area contributed by atoms with Crippen LogP contribution in [0.25, 0.3) is 0 Å². The van der Waals surface area contributed by atoms with Crippen LogP contribution >= 0.6 is 0 Å². The molecule has 1 aromatic heterocycles. The van der Waals surface area contributed by atoms with Crippen molar-refractivity contribution in [3.63, 3.8) is 0 Å². The lowest BCUT2D eigenvalue weighted by Crippen LogP contribution is -2.42. The van der Waals surface area contributed by atoms with Crippen LogP contribution in [0.2, 0.25) is 0 Å². The Bertz CT molecular complexity index is 404. The molecule has 0 aliphatic carbocycles. The number of hydrogen-bond acceptors (Lipinski definition) is 3. The standard InChI is InChI=1S/C11H16F3N3O/c1-10(18)2-4-17(5-3-10)7-8-6-15-16-9(8)11(12,13)14/h6,18H,2-5,7H2,1H3,(H,15,16). The summed E-state index contributed by atoms with van der Waals surface area (Å²) in [5.74, 6) is 0. The minimum Gasteiger partial charge on any atom is -0.390 e. The van der Waals surface area contributed by atoms with E-state index in [9.17, 15) is 18.3 Å². The monoisotopic (exact) mass is 263 g/mol. The smallest absolute Gasteiger partial charge is 0.390 e. The van der Waals surface area contributed by atoms with Crippen LogP contribution < -0.4 is 0 Å². The van der Waals surface area contributed by atoms with Crippen molar-refractivity contribution in [1.82, 2.24) is 15.1 Å². The summed E-state index contributed by atoms with van der Waals surface area (Å²) in [7, 11) is 0. The molecule has 4 nitrogen and oxygen atoms in total. The molecule has 102 valence electrons. The summed E-state index contributed by atoms with van der Waals surface area (Å²) in [5.41, 5.74) is -1.32. The fraction of sp³-hybridized carbons (Fsp3) is 0.727. The van der Waals surface area contributed by atoms with E-state index in [1.807, 2.05) is 10.00 Å². The Balaban J connectivity index is 2.01. The lowest BCUT2D eigenvalue weighted by molar-refractivity contribution is -0.142. The van der Waals surface area contributed by atoms with E-state index < -0.39 is 17.5 Å². The average Bonchev–Trinajstić information content (AvgIpc) is 2.69. The maximum Gasteiger partial charge on any atom is 0.433 e. The first-order valence-corrected chi connectivity index (χ1v) is 5.82. The zero-order chi connectivity index (χ0) is 13.4. The van der Waals surface area contributed by atoms with E-state index in [4.69, 9.17) is 0 Å². The number of nitrogens with zero attached hydrogens (tertiary/aromatic N) is 2. The first-order valence-electron chi connectivity index (χ1n) is 5.82. The number of aliphatic hydroxyl groups is 1. The molecule has 0 aromatic carbocycles. The highest BCUT2D eigenvalue weighted by Crippen LogP contribution is 2.31. The van der Waals surface area contributed by atoms with Gasteiger partial charge in [0.1, 0.15) is 5.69 Å². The van der Waals surface area contributed by atoms with Crippen LogP contribution in [0.15, 0.2) is 6.20 Å². The number of aromatic nitrogens is 2. The van der Waals surface area contributed by atoms with Gasteiger partial charge in [-0.05, 0) is 19.8 Å². The number of piperidine rings is 1. The highest BCUT2D eigenvalue weighted by Gasteiger charge is 2.36. The molecule has 1 fully saturated rings. The molecule has 0 radical (unpaired) electrons. The molecular weight excluding hydrogens is 247 g/mol. The largest absolute Gasteiger partial charge is 0.433 e. The summed E-state index contributed by atoms with van der Waals surface area (Å²) in [6, 6.07) is 0. The Labute approximate surface area is 103 Å². The second-order valence-corrected chi connectivity index (χ2v) is 5.04. The van der Waals surface area contributed by atoms with E-state index in [-0.39, 0.29) is 12.1 Å². The molecule has 0 amide bonds. The molecule has 1 aliphatic rings. The molecule has 1 aromatic rings. The van der Waals surface area contributed by atoms with E-state index in [0.29, 0.717) is 25.9 Å². The van der Waals surface area contributed by atoms with E-state index in [1.54, 1.807) is 6.92 Å². The van der Waals surface area contributed by atoms with Crippen molar-refractivity contribution in [2.75, 3.05) is 13.1 Å². The maximum atomic E-state index is 12.6. The summed E-state index contributed by atoms with van der Waals surface area (Å²) >= 11 is 0. The lowest BCUT2D eigenvalue weighted by atomic mass is 9.93. The van der Waals surface area contributed by atoms with Gasteiger partial charge in [-0.1, -0.05) is 0 Å². The number of likely N-dealkylation sites (tertiary alicyclic amines) is 1. The van der Waals surface area contributed by atoms with Gasteiger partial charge in [0.25, 0.3) is 0 Å². The first-order chi connectivity index (χ1) is 8.28. The minimum atomic E-state index is -4.40. The second kappa shape index (κ2) is 4.55. The number of nitrogens with one attached hydrogen (secondary N) is 1. The van der Waals surface area contributed by atoms with Crippen LogP contribution in [0.1, 0.15) is 31.0 Å². The number of halogens is 3. The molecule has 2 N–H and O–H groups in total. The Morgan fingerprint density at radius 3 is 2.61 bits per heavy atom. The zero-order valence-electron chi connectivity index (χ0n) is 10.1. The third-order valence-corrected chi connectivity index (χ3v) is 3.33. The molecule has 0 spiro atoms. The van der Waals surface area contributed by atoms with Crippen molar-refractivity contribution in [3.8, 4) is 0 Å². The van der Waals surface area contributed by atoms with Gasteiger partial charge in [0.2, 0.25) is 0 Å². The van der Waals surface area contributed by atoms with Crippen molar-refractivity contribution in [2.24, 2.45) is 0 Å².